The summed E-state index contributed by atoms with van der Waals surface area (Å²) in [5.41, 5.74) is 0.824. The predicted molar refractivity (Wildman–Crippen MR) is 84.5 cm³/mol. The minimum absolute atomic E-state index is 0.0162. The normalized spacial score (nSPS) is 19.4. The number of hydrogen-bond donors (Lipinski definition) is 2. The first-order valence-corrected chi connectivity index (χ1v) is 7.41. The van der Waals surface area contributed by atoms with Gasteiger partial charge in [-0.25, -0.2) is 4.79 Å². The highest BCUT2D eigenvalue weighted by molar-refractivity contribution is 6.01. The van der Waals surface area contributed by atoms with Crippen LogP contribution < -0.4 is 10.6 Å². The summed E-state index contributed by atoms with van der Waals surface area (Å²) in [5, 5.41) is 8.05. The molecular formula is C17H20N2O2. The molecule has 0 bridgehead atoms. The van der Waals surface area contributed by atoms with Crippen LogP contribution in [0.3, 0.4) is 0 Å². The fourth-order valence-corrected chi connectivity index (χ4v) is 2.79. The molecule has 4 nitrogen and oxygen atoms in total. The molecule has 0 aliphatic carbocycles. The molecule has 1 saturated heterocycles. The van der Waals surface area contributed by atoms with Crippen molar-refractivity contribution in [3.05, 3.63) is 42.5 Å². The summed E-state index contributed by atoms with van der Waals surface area (Å²) in [4.78, 5) is 12.1. The molecule has 2 aromatic carbocycles. The summed E-state index contributed by atoms with van der Waals surface area (Å²) < 4.78 is 5.59. The van der Waals surface area contributed by atoms with E-state index in [1.807, 2.05) is 49.4 Å². The fraction of sp³-hybridized carbons (Fsp3) is 0.353. The Bertz CT molecular complexity index is 630. The zero-order chi connectivity index (χ0) is 14.7. The molecule has 3 rings (SSSR count). The van der Waals surface area contributed by atoms with Gasteiger partial charge in [-0.2, -0.15) is 0 Å². The standard InChI is InChI=1S/C17H20N2O2/c1-12(16-10-5-11-21-16)18-17(20)19-15-9-4-7-13-6-2-3-8-14(13)15/h2-4,6-9,12,16H,5,10-11H2,1H3,(H2,18,19,20)/t12-,16+/m0/s1. The Morgan fingerprint density at radius 3 is 2.86 bits per heavy atom. The lowest BCUT2D eigenvalue weighted by Crippen LogP contribution is -2.43. The molecule has 2 aromatic rings. The van der Waals surface area contributed by atoms with Gasteiger partial charge < -0.3 is 15.4 Å². The maximum Gasteiger partial charge on any atom is 0.319 e. The van der Waals surface area contributed by atoms with Gasteiger partial charge in [-0.1, -0.05) is 36.4 Å². The van der Waals surface area contributed by atoms with Gasteiger partial charge in [0.05, 0.1) is 17.8 Å². The van der Waals surface area contributed by atoms with Crippen LogP contribution in [0.4, 0.5) is 10.5 Å². The molecular weight excluding hydrogens is 264 g/mol. The molecule has 2 atom stereocenters. The first kappa shape index (κ1) is 13.9. The number of amides is 2. The summed E-state index contributed by atoms with van der Waals surface area (Å²) in [5.74, 6) is 0. The number of nitrogens with one attached hydrogen (secondary N) is 2. The highest BCUT2D eigenvalue weighted by Crippen LogP contribution is 2.23. The number of benzene rings is 2. The van der Waals surface area contributed by atoms with Crippen LogP contribution in [0.1, 0.15) is 19.8 Å². The number of carbonyl (C=O) groups excluding carboxylic acids is 1. The lowest BCUT2D eigenvalue weighted by atomic mass is 10.1. The zero-order valence-electron chi connectivity index (χ0n) is 12.1. The Hall–Kier alpha value is -2.07. The van der Waals surface area contributed by atoms with Crippen LogP contribution in [0.2, 0.25) is 0 Å². The lowest BCUT2D eigenvalue weighted by molar-refractivity contribution is 0.0868. The van der Waals surface area contributed by atoms with Crippen molar-refractivity contribution < 1.29 is 9.53 Å². The number of rotatable bonds is 3. The molecule has 4 heteroatoms. The van der Waals surface area contributed by atoms with Gasteiger partial charge >= 0.3 is 6.03 Å². The summed E-state index contributed by atoms with van der Waals surface area (Å²) in [6, 6.07) is 13.7. The van der Waals surface area contributed by atoms with Gasteiger partial charge in [-0.15, -0.1) is 0 Å². The van der Waals surface area contributed by atoms with E-state index in [9.17, 15) is 4.79 Å². The maximum atomic E-state index is 12.1. The minimum atomic E-state index is -0.186. The summed E-state index contributed by atoms with van der Waals surface area (Å²) in [6.07, 6.45) is 2.21. The Morgan fingerprint density at radius 2 is 2.05 bits per heavy atom. The van der Waals surface area contributed by atoms with Gasteiger partial charge in [0.2, 0.25) is 0 Å². The quantitative estimate of drug-likeness (QED) is 0.906. The fourth-order valence-electron chi connectivity index (χ4n) is 2.79. The van der Waals surface area contributed by atoms with E-state index in [0.717, 1.165) is 35.9 Å². The van der Waals surface area contributed by atoms with Crippen LogP contribution in [0.25, 0.3) is 10.8 Å². The number of urea groups is 1. The van der Waals surface area contributed by atoms with E-state index in [0.29, 0.717) is 0 Å². The molecule has 0 radical (unpaired) electrons. The minimum Gasteiger partial charge on any atom is -0.376 e. The molecule has 1 heterocycles. The molecule has 0 unspecified atom stereocenters. The zero-order valence-corrected chi connectivity index (χ0v) is 12.1. The van der Waals surface area contributed by atoms with Crippen LogP contribution in [-0.4, -0.2) is 24.8 Å². The van der Waals surface area contributed by atoms with Crippen molar-refractivity contribution in [1.82, 2.24) is 5.32 Å². The van der Waals surface area contributed by atoms with E-state index in [1.165, 1.54) is 0 Å². The molecule has 0 saturated carbocycles. The third-order valence-electron chi connectivity index (χ3n) is 3.92. The Balaban J connectivity index is 1.68. The Kier molecular flexibility index (Phi) is 4.06. The van der Waals surface area contributed by atoms with Crippen molar-refractivity contribution >= 4 is 22.5 Å². The van der Waals surface area contributed by atoms with Gasteiger partial charge in [0.25, 0.3) is 0 Å². The molecule has 2 amide bonds. The number of ether oxygens (including phenoxy) is 1. The van der Waals surface area contributed by atoms with E-state index in [4.69, 9.17) is 4.74 Å². The van der Waals surface area contributed by atoms with Gasteiger partial charge in [-0.3, -0.25) is 0 Å². The molecule has 21 heavy (non-hydrogen) atoms. The van der Waals surface area contributed by atoms with Crippen molar-refractivity contribution in [1.29, 1.82) is 0 Å². The highest BCUT2D eigenvalue weighted by atomic mass is 16.5. The average Bonchev–Trinajstić information content (AvgIpc) is 3.02. The highest BCUT2D eigenvalue weighted by Gasteiger charge is 2.23. The van der Waals surface area contributed by atoms with E-state index < -0.39 is 0 Å². The van der Waals surface area contributed by atoms with Crippen LogP contribution in [0.5, 0.6) is 0 Å². The second kappa shape index (κ2) is 6.14. The average molecular weight is 284 g/mol. The van der Waals surface area contributed by atoms with Crippen LogP contribution >= 0.6 is 0 Å². The summed E-state index contributed by atoms with van der Waals surface area (Å²) in [6.45, 7) is 2.78. The Morgan fingerprint density at radius 1 is 1.24 bits per heavy atom. The summed E-state index contributed by atoms with van der Waals surface area (Å²) >= 11 is 0. The molecule has 1 aliphatic heterocycles. The van der Waals surface area contributed by atoms with Crippen LogP contribution in [-0.2, 0) is 4.74 Å². The van der Waals surface area contributed by atoms with Gasteiger partial charge in [-0.05, 0) is 31.2 Å². The maximum absolute atomic E-state index is 12.1. The molecule has 2 N–H and O–H groups in total. The SMILES string of the molecule is C[C@H](NC(=O)Nc1cccc2ccccc12)[C@H]1CCCO1. The number of fused-ring (bicyclic) bond motifs is 1. The summed E-state index contributed by atoms with van der Waals surface area (Å²) in [7, 11) is 0. The predicted octanol–water partition coefficient (Wildman–Crippen LogP) is 3.53. The molecule has 0 spiro atoms. The topological polar surface area (TPSA) is 50.4 Å². The van der Waals surface area contributed by atoms with Crippen molar-refractivity contribution in [2.75, 3.05) is 11.9 Å². The second-order valence-electron chi connectivity index (χ2n) is 5.47. The van der Waals surface area contributed by atoms with Crippen molar-refractivity contribution in [3.8, 4) is 0 Å². The van der Waals surface area contributed by atoms with Crippen molar-refractivity contribution in [2.24, 2.45) is 0 Å². The first-order chi connectivity index (χ1) is 10.2. The van der Waals surface area contributed by atoms with Crippen molar-refractivity contribution in [3.63, 3.8) is 0 Å². The molecule has 0 aromatic heterocycles. The van der Waals surface area contributed by atoms with E-state index in [2.05, 4.69) is 10.6 Å². The van der Waals surface area contributed by atoms with Crippen molar-refractivity contribution in [2.45, 2.75) is 31.9 Å². The third-order valence-corrected chi connectivity index (χ3v) is 3.92. The number of carbonyl (C=O) groups is 1. The molecule has 1 fully saturated rings. The Labute approximate surface area is 124 Å². The third kappa shape index (κ3) is 3.16. The number of hydrogen-bond acceptors (Lipinski definition) is 2. The molecule has 1 aliphatic rings. The molecule has 110 valence electrons. The van der Waals surface area contributed by atoms with Gasteiger partial charge in [0.15, 0.2) is 0 Å². The smallest absolute Gasteiger partial charge is 0.319 e. The van der Waals surface area contributed by atoms with Gasteiger partial charge in [0.1, 0.15) is 0 Å². The van der Waals surface area contributed by atoms with Crippen LogP contribution in [0.15, 0.2) is 42.5 Å². The second-order valence-corrected chi connectivity index (χ2v) is 5.47. The number of anilines is 1. The largest absolute Gasteiger partial charge is 0.376 e. The first-order valence-electron chi connectivity index (χ1n) is 7.41. The van der Waals surface area contributed by atoms with E-state index >= 15 is 0 Å². The van der Waals surface area contributed by atoms with Gasteiger partial charge in [0, 0.05) is 12.0 Å². The monoisotopic (exact) mass is 284 g/mol. The van der Waals surface area contributed by atoms with E-state index in [1.54, 1.807) is 0 Å². The van der Waals surface area contributed by atoms with Crippen LogP contribution in [0, 0.1) is 0 Å². The lowest BCUT2D eigenvalue weighted by Gasteiger charge is -2.20. The van der Waals surface area contributed by atoms with E-state index in [-0.39, 0.29) is 18.2 Å².